The molecule has 0 aromatic rings. The molecule has 4 heteroatoms. The number of fused-ring (bicyclic) bond motifs is 1. The molecule has 3 unspecified atom stereocenters. The van der Waals surface area contributed by atoms with Crippen LogP contribution >= 0.6 is 0 Å². The summed E-state index contributed by atoms with van der Waals surface area (Å²) in [4.78, 5) is 11.3. The summed E-state index contributed by atoms with van der Waals surface area (Å²) in [5, 5.41) is 0. The van der Waals surface area contributed by atoms with Gasteiger partial charge in [0, 0.05) is 11.8 Å². The summed E-state index contributed by atoms with van der Waals surface area (Å²) in [6.45, 7) is 3.67. The van der Waals surface area contributed by atoms with Gasteiger partial charge in [0.15, 0.2) is 6.29 Å². The lowest BCUT2D eigenvalue weighted by Crippen LogP contribution is -2.19. The first-order valence-corrected chi connectivity index (χ1v) is 5.20. The molecule has 0 aromatic heterocycles. The fraction of sp³-hybridized carbons (Fsp3) is 0.900. The average molecular weight is 200 g/mol. The first-order valence-electron chi connectivity index (χ1n) is 5.20. The number of esters is 1. The highest BCUT2D eigenvalue weighted by atomic mass is 16.7. The van der Waals surface area contributed by atoms with Crippen LogP contribution in [-0.4, -0.2) is 32.1 Å². The fourth-order valence-electron chi connectivity index (χ4n) is 2.20. The van der Waals surface area contributed by atoms with Gasteiger partial charge in [0.2, 0.25) is 0 Å². The van der Waals surface area contributed by atoms with E-state index in [9.17, 15) is 4.79 Å². The third-order valence-corrected chi connectivity index (χ3v) is 2.90. The average Bonchev–Trinajstić information content (AvgIpc) is 2.70. The van der Waals surface area contributed by atoms with Gasteiger partial charge in [-0.25, -0.2) is 0 Å². The molecule has 0 spiro atoms. The summed E-state index contributed by atoms with van der Waals surface area (Å²) in [6, 6.07) is 0. The Bertz CT molecular complexity index is 216. The first kappa shape index (κ1) is 9.93. The van der Waals surface area contributed by atoms with Gasteiger partial charge in [0.05, 0.1) is 26.2 Å². The third kappa shape index (κ3) is 1.91. The zero-order chi connectivity index (χ0) is 9.97. The van der Waals surface area contributed by atoms with Gasteiger partial charge >= 0.3 is 5.97 Å². The molecule has 4 nitrogen and oxygen atoms in total. The van der Waals surface area contributed by atoms with Crippen LogP contribution in [0.1, 0.15) is 19.8 Å². The van der Waals surface area contributed by atoms with Crippen molar-refractivity contribution < 1.29 is 19.0 Å². The molecule has 2 aliphatic rings. The van der Waals surface area contributed by atoms with Crippen LogP contribution in [0.2, 0.25) is 0 Å². The van der Waals surface area contributed by atoms with Crippen molar-refractivity contribution in [3.05, 3.63) is 0 Å². The van der Waals surface area contributed by atoms with Crippen molar-refractivity contribution in [3.63, 3.8) is 0 Å². The predicted molar refractivity (Wildman–Crippen MR) is 48.5 cm³/mol. The van der Waals surface area contributed by atoms with Crippen molar-refractivity contribution in [3.8, 4) is 0 Å². The van der Waals surface area contributed by atoms with Crippen molar-refractivity contribution in [2.45, 2.75) is 26.1 Å². The molecule has 0 bridgehead atoms. The second-order valence-corrected chi connectivity index (χ2v) is 3.79. The molecule has 0 amide bonds. The minimum atomic E-state index is -0.117. The zero-order valence-electron chi connectivity index (χ0n) is 8.40. The Morgan fingerprint density at radius 3 is 3.14 bits per heavy atom. The van der Waals surface area contributed by atoms with E-state index in [1.807, 2.05) is 6.92 Å². The van der Waals surface area contributed by atoms with E-state index in [0.29, 0.717) is 31.5 Å². The monoisotopic (exact) mass is 200 g/mol. The Hall–Kier alpha value is -0.610. The van der Waals surface area contributed by atoms with E-state index in [2.05, 4.69) is 0 Å². The fourth-order valence-corrected chi connectivity index (χ4v) is 2.20. The minimum absolute atomic E-state index is 0.0607. The van der Waals surface area contributed by atoms with Crippen molar-refractivity contribution in [2.24, 2.45) is 11.8 Å². The predicted octanol–water partition coefficient (Wildman–Crippen LogP) is 0.949. The van der Waals surface area contributed by atoms with Crippen LogP contribution in [0.3, 0.4) is 0 Å². The standard InChI is InChI=1S/C10H16O4/c1-2-12-9(11)5-7-6-14-10-8(7)3-4-13-10/h7-8,10H,2-6H2,1H3. The van der Waals surface area contributed by atoms with Crippen LogP contribution in [0.25, 0.3) is 0 Å². The molecule has 0 saturated carbocycles. The lowest BCUT2D eigenvalue weighted by atomic mass is 9.91. The maximum absolute atomic E-state index is 11.3. The number of hydrogen-bond acceptors (Lipinski definition) is 4. The van der Waals surface area contributed by atoms with E-state index >= 15 is 0 Å². The maximum Gasteiger partial charge on any atom is 0.306 e. The largest absolute Gasteiger partial charge is 0.466 e. The molecule has 0 aromatic carbocycles. The Morgan fingerprint density at radius 1 is 1.50 bits per heavy atom. The molecule has 3 atom stereocenters. The van der Waals surface area contributed by atoms with Crippen molar-refractivity contribution in [1.82, 2.24) is 0 Å². The van der Waals surface area contributed by atoms with E-state index in [1.54, 1.807) is 0 Å². The summed E-state index contributed by atoms with van der Waals surface area (Å²) in [7, 11) is 0. The normalized spacial score (nSPS) is 35.6. The van der Waals surface area contributed by atoms with Gasteiger partial charge in [0.1, 0.15) is 0 Å². The summed E-state index contributed by atoms with van der Waals surface area (Å²) >= 11 is 0. The molecule has 14 heavy (non-hydrogen) atoms. The SMILES string of the molecule is CCOC(=O)CC1COC2OCCC12. The molecule has 2 heterocycles. The van der Waals surface area contributed by atoms with Gasteiger partial charge in [-0.15, -0.1) is 0 Å². The van der Waals surface area contributed by atoms with Crippen molar-refractivity contribution >= 4 is 5.97 Å². The Morgan fingerprint density at radius 2 is 2.36 bits per heavy atom. The summed E-state index contributed by atoms with van der Waals surface area (Å²) in [6.07, 6.45) is 1.42. The molecule has 0 aliphatic carbocycles. The highest BCUT2D eigenvalue weighted by molar-refractivity contribution is 5.69. The van der Waals surface area contributed by atoms with Gasteiger partial charge in [-0.1, -0.05) is 0 Å². The third-order valence-electron chi connectivity index (χ3n) is 2.90. The van der Waals surface area contributed by atoms with Crippen molar-refractivity contribution in [1.29, 1.82) is 0 Å². The van der Waals surface area contributed by atoms with Crippen LogP contribution < -0.4 is 0 Å². The molecule has 0 N–H and O–H groups in total. The Balaban J connectivity index is 1.83. The quantitative estimate of drug-likeness (QED) is 0.636. The highest BCUT2D eigenvalue weighted by Crippen LogP contribution is 2.37. The molecule has 0 radical (unpaired) electrons. The topological polar surface area (TPSA) is 44.8 Å². The van der Waals surface area contributed by atoms with E-state index in [1.165, 1.54) is 0 Å². The van der Waals surface area contributed by atoms with Gasteiger partial charge in [0.25, 0.3) is 0 Å². The molecule has 2 saturated heterocycles. The number of rotatable bonds is 3. The number of ether oxygens (including phenoxy) is 3. The van der Waals surface area contributed by atoms with E-state index in [0.717, 1.165) is 13.0 Å². The molecule has 2 rings (SSSR count). The Kier molecular flexibility index (Phi) is 3.03. The van der Waals surface area contributed by atoms with Crippen LogP contribution in [0.15, 0.2) is 0 Å². The molecule has 2 aliphatic heterocycles. The zero-order valence-corrected chi connectivity index (χ0v) is 8.40. The Labute approximate surface area is 83.5 Å². The van der Waals surface area contributed by atoms with Gasteiger partial charge in [-0.05, 0) is 13.3 Å². The van der Waals surface area contributed by atoms with Gasteiger partial charge in [-0.2, -0.15) is 0 Å². The molecular weight excluding hydrogens is 184 g/mol. The maximum atomic E-state index is 11.3. The first-order chi connectivity index (χ1) is 6.81. The second kappa shape index (κ2) is 4.28. The number of carbonyl (C=O) groups excluding carboxylic acids is 1. The summed E-state index contributed by atoms with van der Waals surface area (Å²) in [5.74, 6) is 0.578. The smallest absolute Gasteiger partial charge is 0.306 e. The number of hydrogen-bond donors (Lipinski definition) is 0. The highest BCUT2D eigenvalue weighted by Gasteiger charge is 2.42. The second-order valence-electron chi connectivity index (χ2n) is 3.79. The van der Waals surface area contributed by atoms with Crippen LogP contribution in [0.4, 0.5) is 0 Å². The molecule has 2 fully saturated rings. The molecule has 80 valence electrons. The lowest BCUT2D eigenvalue weighted by Gasteiger charge is -2.13. The number of carbonyl (C=O) groups is 1. The van der Waals surface area contributed by atoms with Crippen LogP contribution in [-0.2, 0) is 19.0 Å². The summed E-state index contributed by atoms with van der Waals surface area (Å²) in [5.41, 5.74) is 0. The van der Waals surface area contributed by atoms with Gasteiger partial charge in [-0.3, -0.25) is 4.79 Å². The van der Waals surface area contributed by atoms with Gasteiger partial charge < -0.3 is 14.2 Å². The van der Waals surface area contributed by atoms with Crippen LogP contribution in [0.5, 0.6) is 0 Å². The molecular formula is C10H16O4. The minimum Gasteiger partial charge on any atom is -0.466 e. The van der Waals surface area contributed by atoms with E-state index in [-0.39, 0.29) is 12.3 Å². The van der Waals surface area contributed by atoms with E-state index < -0.39 is 0 Å². The van der Waals surface area contributed by atoms with Crippen LogP contribution in [0, 0.1) is 11.8 Å². The van der Waals surface area contributed by atoms with E-state index in [4.69, 9.17) is 14.2 Å². The lowest BCUT2D eigenvalue weighted by molar-refractivity contribution is -0.144. The summed E-state index contributed by atoms with van der Waals surface area (Å²) < 4.78 is 15.7. The van der Waals surface area contributed by atoms with Crippen molar-refractivity contribution in [2.75, 3.05) is 19.8 Å².